The summed E-state index contributed by atoms with van der Waals surface area (Å²) in [6.45, 7) is 7.78. The minimum atomic E-state index is -3.40. The summed E-state index contributed by atoms with van der Waals surface area (Å²) in [5.41, 5.74) is 7.05. The quantitative estimate of drug-likeness (QED) is 0.391. The van der Waals surface area contributed by atoms with Crippen molar-refractivity contribution in [3.8, 4) is 11.3 Å². The van der Waals surface area contributed by atoms with Crippen molar-refractivity contribution in [1.82, 2.24) is 9.29 Å². The zero-order valence-electron chi connectivity index (χ0n) is 18.6. The SMILES string of the molecule is CC(C)(C)c1ccc(/C=N/Nc2nc(-c3ccc(S(=O)(=O)N4CCCC4)cc3)cs2)cc1. The molecule has 1 saturated heterocycles. The molecule has 8 heteroatoms. The fourth-order valence-electron chi connectivity index (χ4n) is 3.56. The van der Waals surface area contributed by atoms with E-state index in [1.807, 2.05) is 17.5 Å². The van der Waals surface area contributed by atoms with Crippen LogP contribution in [0, 0.1) is 0 Å². The number of benzene rings is 2. The Labute approximate surface area is 194 Å². The van der Waals surface area contributed by atoms with Crippen LogP contribution in [0.4, 0.5) is 5.13 Å². The first kappa shape index (κ1) is 22.6. The molecule has 4 rings (SSSR count). The minimum absolute atomic E-state index is 0.127. The second kappa shape index (κ2) is 9.13. The third-order valence-electron chi connectivity index (χ3n) is 5.51. The normalized spacial score (nSPS) is 15.5. The zero-order valence-corrected chi connectivity index (χ0v) is 20.2. The Morgan fingerprint density at radius 2 is 1.69 bits per heavy atom. The van der Waals surface area contributed by atoms with E-state index in [1.54, 1.807) is 22.7 Å². The molecule has 0 aliphatic carbocycles. The maximum absolute atomic E-state index is 12.7. The van der Waals surface area contributed by atoms with Gasteiger partial charge in [0.2, 0.25) is 15.2 Å². The van der Waals surface area contributed by atoms with Gasteiger partial charge in [0.05, 0.1) is 16.8 Å². The van der Waals surface area contributed by atoms with Gasteiger partial charge in [-0.3, -0.25) is 5.43 Å². The molecule has 1 aliphatic rings. The van der Waals surface area contributed by atoms with Crippen molar-refractivity contribution < 1.29 is 8.42 Å². The first-order chi connectivity index (χ1) is 15.2. The van der Waals surface area contributed by atoms with Gasteiger partial charge < -0.3 is 0 Å². The molecule has 0 amide bonds. The second-order valence-corrected chi connectivity index (χ2v) is 11.7. The highest BCUT2D eigenvalue weighted by atomic mass is 32.2. The molecule has 1 N–H and O–H groups in total. The first-order valence-corrected chi connectivity index (χ1v) is 13.0. The lowest BCUT2D eigenvalue weighted by atomic mass is 9.87. The van der Waals surface area contributed by atoms with Gasteiger partial charge in [-0.1, -0.05) is 57.2 Å². The molecule has 0 atom stereocenters. The van der Waals surface area contributed by atoms with Crippen LogP contribution in [0.3, 0.4) is 0 Å². The molecule has 6 nitrogen and oxygen atoms in total. The van der Waals surface area contributed by atoms with Crippen LogP contribution >= 0.6 is 11.3 Å². The molecule has 2 aromatic carbocycles. The fraction of sp³-hybridized carbons (Fsp3) is 0.333. The van der Waals surface area contributed by atoms with Crippen LogP contribution in [0.2, 0.25) is 0 Å². The van der Waals surface area contributed by atoms with Crippen LogP contribution in [-0.4, -0.2) is 37.0 Å². The van der Waals surface area contributed by atoms with Crippen LogP contribution < -0.4 is 5.43 Å². The number of anilines is 1. The Morgan fingerprint density at radius 3 is 2.31 bits per heavy atom. The van der Waals surface area contributed by atoms with Crippen LogP contribution in [0.25, 0.3) is 11.3 Å². The Balaban J connectivity index is 1.40. The van der Waals surface area contributed by atoms with Gasteiger partial charge in [0, 0.05) is 24.0 Å². The van der Waals surface area contributed by atoms with Crippen LogP contribution in [0.5, 0.6) is 0 Å². The van der Waals surface area contributed by atoms with E-state index < -0.39 is 10.0 Å². The summed E-state index contributed by atoms with van der Waals surface area (Å²) in [5, 5.41) is 6.90. The van der Waals surface area contributed by atoms with Crippen molar-refractivity contribution in [2.24, 2.45) is 5.10 Å². The van der Waals surface area contributed by atoms with Gasteiger partial charge in [0.15, 0.2) is 0 Å². The topological polar surface area (TPSA) is 74.7 Å². The summed E-state index contributed by atoms with van der Waals surface area (Å²) in [7, 11) is -3.40. The Hall–Kier alpha value is -2.55. The highest BCUT2D eigenvalue weighted by Gasteiger charge is 2.27. The Kier molecular flexibility index (Phi) is 6.46. The lowest BCUT2D eigenvalue weighted by Crippen LogP contribution is -2.27. The average molecular weight is 469 g/mol. The third kappa shape index (κ3) is 5.09. The number of hydrogen-bond donors (Lipinski definition) is 1. The molecule has 0 bridgehead atoms. The molecule has 168 valence electrons. The summed E-state index contributed by atoms with van der Waals surface area (Å²) in [6, 6.07) is 15.3. The van der Waals surface area contributed by atoms with Gasteiger partial charge in [0.1, 0.15) is 0 Å². The largest absolute Gasteiger partial charge is 0.253 e. The molecule has 3 aromatic rings. The Morgan fingerprint density at radius 1 is 1.03 bits per heavy atom. The lowest BCUT2D eigenvalue weighted by molar-refractivity contribution is 0.477. The second-order valence-electron chi connectivity index (χ2n) is 8.92. The predicted molar refractivity (Wildman–Crippen MR) is 132 cm³/mol. The van der Waals surface area contributed by atoms with E-state index in [2.05, 4.69) is 60.5 Å². The van der Waals surface area contributed by atoms with Gasteiger partial charge >= 0.3 is 0 Å². The maximum atomic E-state index is 12.7. The fourth-order valence-corrected chi connectivity index (χ4v) is 5.75. The van der Waals surface area contributed by atoms with Crippen molar-refractivity contribution in [2.75, 3.05) is 18.5 Å². The van der Waals surface area contributed by atoms with Gasteiger partial charge in [-0.25, -0.2) is 13.4 Å². The lowest BCUT2D eigenvalue weighted by Gasteiger charge is -2.18. The number of rotatable bonds is 6. The molecule has 1 aliphatic heterocycles. The number of sulfonamides is 1. The summed E-state index contributed by atoms with van der Waals surface area (Å²) >= 11 is 1.45. The van der Waals surface area contributed by atoms with Gasteiger partial charge in [0.25, 0.3) is 0 Å². The standard InChI is InChI=1S/C24H28N4O2S2/c1-24(2,3)20-10-6-18(7-11-20)16-25-27-23-26-22(17-31-23)19-8-12-21(13-9-19)32(29,30)28-14-4-5-15-28/h6-13,16-17H,4-5,14-15H2,1-3H3,(H,26,27)/b25-16+. The highest BCUT2D eigenvalue weighted by molar-refractivity contribution is 7.89. The number of aromatic nitrogens is 1. The van der Waals surface area contributed by atoms with Crippen molar-refractivity contribution >= 4 is 32.7 Å². The van der Waals surface area contributed by atoms with E-state index >= 15 is 0 Å². The van der Waals surface area contributed by atoms with Gasteiger partial charge in [-0.05, 0) is 41.5 Å². The number of hydrazone groups is 1. The smallest absolute Gasteiger partial charge is 0.243 e. The molecule has 0 unspecified atom stereocenters. The number of nitrogens with zero attached hydrogens (tertiary/aromatic N) is 3. The van der Waals surface area contributed by atoms with E-state index in [-0.39, 0.29) is 5.41 Å². The van der Waals surface area contributed by atoms with E-state index in [4.69, 9.17) is 0 Å². The van der Waals surface area contributed by atoms with E-state index in [1.165, 1.54) is 16.9 Å². The molecule has 32 heavy (non-hydrogen) atoms. The number of hydrogen-bond acceptors (Lipinski definition) is 6. The first-order valence-electron chi connectivity index (χ1n) is 10.7. The van der Waals surface area contributed by atoms with E-state index in [9.17, 15) is 8.42 Å². The van der Waals surface area contributed by atoms with Crippen LogP contribution in [0.15, 0.2) is 63.9 Å². The summed E-state index contributed by atoms with van der Waals surface area (Å²) in [6.07, 6.45) is 3.62. The highest BCUT2D eigenvalue weighted by Crippen LogP contribution is 2.27. The minimum Gasteiger partial charge on any atom is -0.253 e. The van der Waals surface area contributed by atoms with Crippen LogP contribution in [-0.2, 0) is 15.4 Å². The van der Waals surface area contributed by atoms with Crippen molar-refractivity contribution in [3.63, 3.8) is 0 Å². The average Bonchev–Trinajstić information content (AvgIpc) is 3.47. The zero-order chi connectivity index (χ0) is 22.8. The van der Waals surface area contributed by atoms with Crippen molar-refractivity contribution in [1.29, 1.82) is 0 Å². The molecule has 2 heterocycles. The van der Waals surface area contributed by atoms with E-state index in [0.29, 0.717) is 23.1 Å². The van der Waals surface area contributed by atoms with Crippen LogP contribution in [0.1, 0.15) is 44.7 Å². The number of nitrogens with one attached hydrogen (secondary N) is 1. The van der Waals surface area contributed by atoms with Crippen molar-refractivity contribution in [3.05, 3.63) is 65.0 Å². The molecule has 0 radical (unpaired) electrons. The van der Waals surface area contributed by atoms with E-state index in [0.717, 1.165) is 29.7 Å². The molecule has 0 saturated carbocycles. The Bertz CT molecular complexity index is 1190. The predicted octanol–water partition coefficient (Wildman–Crippen LogP) is 5.34. The molecule has 1 aromatic heterocycles. The number of thiazole rings is 1. The monoisotopic (exact) mass is 468 g/mol. The van der Waals surface area contributed by atoms with Gasteiger partial charge in [-0.15, -0.1) is 11.3 Å². The molecular formula is C24H28N4O2S2. The molecular weight excluding hydrogens is 440 g/mol. The summed E-state index contributed by atoms with van der Waals surface area (Å²) < 4.78 is 26.9. The summed E-state index contributed by atoms with van der Waals surface area (Å²) in [4.78, 5) is 4.89. The maximum Gasteiger partial charge on any atom is 0.243 e. The molecule has 0 spiro atoms. The van der Waals surface area contributed by atoms with Crippen molar-refractivity contribution in [2.45, 2.75) is 43.9 Å². The third-order valence-corrected chi connectivity index (χ3v) is 8.17. The molecule has 1 fully saturated rings. The summed E-state index contributed by atoms with van der Waals surface area (Å²) in [5.74, 6) is 0. The van der Waals surface area contributed by atoms with Gasteiger partial charge in [-0.2, -0.15) is 9.41 Å².